The molecule has 1 aromatic rings. The van der Waals surface area contributed by atoms with Gasteiger partial charge in [0.1, 0.15) is 47.9 Å². The highest BCUT2D eigenvalue weighted by atomic mass is 31.2. The average Bonchev–Trinajstić information content (AvgIpc) is 3.67. The minimum Gasteiger partial charge on any atom is -0.458 e. The van der Waals surface area contributed by atoms with Crippen LogP contribution in [0.5, 0.6) is 0 Å². The van der Waals surface area contributed by atoms with Gasteiger partial charge in [-0.2, -0.15) is 0 Å². The lowest BCUT2D eigenvalue weighted by Gasteiger charge is -2.37. The van der Waals surface area contributed by atoms with E-state index in [9.17, 15) is 51.9 Å². The minimum atomic E-state index is -5.18. The van der Waals surface area contributed by atoms with Gasteiger partial charge in [0.2, 0.25) is 29.5 Å². The van der Waals surface area contributed by atoms with Gasteiger partial charge in [-0.3, -0.25) is 28.5 Å². The van der Waals surface area contributed by atoms with Gasteiger partial charge in [0.05, 0.1) is 6.10 Å². The molecule has 8 atom stereocenters. The molecule has 3 heterocycles. The van der Waals surface area contributed by atoms with Crippen LogP contribution in [0.4, 0.5) is 8.78 Å². The molecule has 4 N–H and O–H groups in total. The number of nitrogens with one attached hydrogen (secondary N) is 2. The van der Waals surface area contributed by atoms with Crippen molar-refractivity contribution in [3.8, 4) is 0 Å². The summed E-state index contributed by atoms with van der Waals surface area (Å²) in [6.07, 6.45) is -2.71. The largest absolute Gasteiger partial charge is 0.469 e. The van der Waals surface area contributed by atoms with Gasteiger partial charge in [-0.05, 0) is 70.1 Å². The lowest BCUT2D eigenvalue weighted by atomic mass is 10.0. The number of fused-ring (bicyclic) bond motifs is 2. The van der Waals surface area contributed by atoms with Gasteiger partial charge in [0.25, 0.3) is 0 Å². The third kappa shape index (κ3) is 9.67. The van der Waals surface area contributed by atoms with Gasteiger partial charge in [0.15, 0.2) is 0 Å². The van der Waals surface area contributed by atoms with Crippen LogP contribution in [0.15, 0.2) is 18.2 Å². The Morgan fingerprint density at radius 1 is 1.04 bits per heavy atom. The number of ether oxygens (including phenoxy) is 1. The number of phosphoric ester groups is 1. The number of hydrogen-bond acceptors (Lipinski definition) is 9. The van der Waals surface area contributed by atoms with Crippen LogP contribution in [0.2, 0.25) is 0 Å². The molecular weight excluding hydrogens is 699 g/mol. The van der Waals surface area contributed by atoms with Crippen LogP contribution in [0.3, 0.4) is 0 Å². The summed E-state index contributed by atoms with van der Waals surface area (Å²) in [5, 5.41) is 5.03. The molecule has 16 nitrogen and oxygen atoms in total. The summed E-state index contributed by atoms with van der Waals surface area (Å²) in [5.41, 5.74) is 0.185. The van der Waals surface area contributed by atoms with E-state index in [1.807, 2.05) is 0 Å². The standard InChI is InChI=1S/C32H44F2N5O11P/c1-16-11-24-32(45)49-18(3)26(36-25(40)9-8-20-12-21(33)14-22(34)13-20)31(44)38-10-6-7-23(38)30(43)37(5)27(19(4)50-51(46,47)48)28(41)35-17(2)29(42)39(24)15-16/h12-14,16-19,23-24,26-27H,6-11,15H2,1-5H3,(H,35,41)(H,36,40)(H2,46,47,48)/t16-,17-,18-,19+,23?,24?,26-,27-/m0/s1. The second kappa shape index (κ2) is 16.1. The van der Waals surface area contributed by atoms with Crippen molar-refractivity contribution in [2.24, 2.45) is 5.92 Å². The Balaban J connectivity index is 1.71. The summed E-state index contributed by atoms with van der Waals surface area (Å²) in [6, 6.07) is -4.02. The molecule has 0 radical (unpaired) electrons. The fourth-order valence-corrected chi connectivity index (χ4v) is 7.46. The van der Waals surface area contributed by atoms with Crippen LogP contribution in [-0.2, 0) is 49.0 Å². The van der Waals surface area contributed by atoms with Crippen LogP contribution in [0.1, 0.15) is 58.9 Å². The molecule has 0 spiro atoms. The van der Waals surface area contributed by atoms with Crippen molar-refractivity contribution < 1.29 is 61.2 Å². The zero-order valence-electron chi connectivity index (χ0n) is 28.9. The van der Waals surface area contributed by atoms with Crippen molar-refractivity contribution in [2.45, 2.75) is 102 Å². The van der Waals surface area contributed by atoms with Crippen LogP contribution in [0, 0.1) is 17.6 Å². The lowest BCUT2D eigenvalue weighted by Crippen LogP contribution is -2.62. The molecule has 282 valence electrons. The molecule has 3 fully saturated rings. The van der Waals surface area contributed by atoms with Crippen molar-refractivity contribution >= 4 is 43.3 Å². The van der Waals surface area contributed by atoms with Crippen LogP contribution < -0.4 is 10.6 Å². The van der Waals surface area contributed by atoms with Gasteiger partial charge < -0.3 is 39.9 Å². The molecular formula is C32H44F2N5O11P. The van der Waals surface area contributed by atoms with E-state index in [1.165, 1.54) is 30.7 Å². The SMILES string of the molecule is C[C@H]1CC2C(=O)O[C@@H](C)[C@H](NC(=O)CCc3cc(F)cc(F)c3)C(=O)N3CCCC3C(=O)N(C)[C@@H]([C@@H](C)OP(=O)(O)O)C(=O)N[C@@H](C)C(=O)N2C1. The molecule has 4 rings (SSSR count). The predicted octanol–water partition coefficient (Wildman–Crippen LogP) is 0.385. The number of carbonyl (C=O) groups is 6. The first-order valence-corrected chi connectivity index (χ1v) is 18.2. The van der Waals surface area contributed by atoms with E-state index in [4.69, 9.17) is 9.26 Å². The number of phosphoric acid groups is 1. The number of hydrogen-bond donors (Lipinski definition) is 4. The third-order valence-electron chi connectivity index (χ3n) is 9.31. The Morgan fingerprint density at radius 2 is 1.69 bits per heavy atom. The fraction of sp³-hybridized carbons (Fsp3) is 0.625. The molecule has 1 aromatic carbocycles. The van der Waals surface area contributed by atoms with E-state index in [2.05, 4.69) is 10.6 Å². The molecule has 3 aliphatic heterocycles. The highest BCUT2D eigenvalue weighted by Crippen LogP contribution is 2.39. The Hall–Kier alpha value is -3.99. The topological polar surface area (TPSA) is 212 Å². The molecule has 5 amide bonds. The zero-order chi connectivity index (χ0) is 37.9. The van der Waals surface area contributed by atoms with E-state index in [1.54, 1.807) is 6.92 Å². The molecule has 3 saturated heterocycles. The van der Waals surface area contributed by atoms with Gasteiger partial charge in [-0.1, -0.05) is 6.92 Å². The van der Waals surface area contributed by atoms with Gasteiger partial charge >= 0.3 is 13.8 Å². The number of halogens is 2. The second-order valence-corrected chi connectivity index (χ2v) is 14.6. The molecule has 0 aliphatic carbocycles. The first-order chi connectivity index (χ1) is 23.8. The number of likely N-dealkylation sites (N-methyl/N-ethyl adjacent to an activating group) is 1. The monoisotopic (exact) mass is 743 g/mol. The maximum Gasteiger partial charge on any atom is 0.469 e. The van der Waals surface area contributed by atoms with Crippen molar-refractivity contribution in [1.29, 1.82) is 0 Å². The summed E-state index contributed by atoms with van der Waals surface area (Å²) in [7, 11) is -3.98. The number of cyclic esters (lactones) is 1. The highest BCUT2D eigenvalue weighted by Gasteiger charge is 2.47. The summed E-state index contributed by atoms with van der Waals surface area (Å²) >= 11 is 0. The summed E-state index contributed by atoms with van der Waals surface area (Å²) in [6.45, 7) is 5.83. The van der Waals surface area contributed by atoms with E-state index in [0.717, 1.165) is 24.0 Å². The number of aryl methyl sites for hydroxylation is 1. The number of rotatable bonds is 7. The first-order valence-electron chi connectivity index (χ1n) is 16.6. The van der Waals surface area contributed by atoms with E-state index >= 15 is 0 Å². The zero-order valence-corrected chi connectivity index (χ0v) is 29.8. The number of esters is 1. The molecule has 2 unspecified atom stereocenters. The van der Waals surface area contributed by atoms with E-state index in [-0.39, 0.29) is 50.3 Å². The van der Waals surface area contributed by atoms with Crippen molar-refractivity contribution in [3.05, 3.63) is 35.4 Å². The molecule has 19 heteroatoms. The smallest absolute Gasteiger partial charge is 0.458 e. The maximum absolute atomic E-state index is 14.2. The van der Waals surface area contributed by atoms with Crippen LogP contribution in [0.25, 0.3) is 0 Å². The normalized spacial score (nSPS) is 29.0. The molecule has 0 aromatic heterocycles. The number of nitrogens with zero attached hydrogens (tertiary/aromatic N) is 3. The van der Waals surface area contributed by atoms with Crippen LogP contribution in [-0.4, -0.2) is 123 Å². The van der Waals surface area contributed by atoms with Crippen LogP contribution >= 0.6 is 7.82 Å². The van der Waals surface area contributed by atoms with Crippen molar-refractivity contribution in [2.75, 3.05) is 20.1 Å². The molecule has 51 heavy (non-hydrogen) atoms. The third-order valence-corrected chi connectivity index (χ3v) is 9.92. The summed E-state index contributed by atoms with van der Waals surface area (Å²) < 4.78 is 49.7. The molecule has 0 saturated carbocycles. The highest BCUT2D eigenvalue weighted by molar-refractivity contribution is 7.46. The first kappa shape index (κ1) is 39.8. The Morgan fingerprint density at radius 3 is 2.31 bits per heavy atom. The van der Waals surface area contributed by atoms with Gasteiger partial charge in [-0.15, -0.1) is 0 Å². The number of carbonyl (C=O) groups excluding carboxylic acids is 6. The number of benzene rings is 1. The van der Waals surface area contributed by atoms with Gasteiger partial charge in [-0.25, -0.2) is 18.1 Å². The van der Waals surface area contributed by atoms with Crippen molar-refractivity contribution in [3.63, 3.8) is 0 Å². The Bertz CT molecular complexity index is 1570. The molecule has 3 aliphatic rings. The maximum atomic E-state index is 14.2. The lowest BCUT2D eigenvalue weighted by molar-refractivity contribution is -0.163. The Kier molecular flexibility index (Phi) is 12.6. The van der Waals surface area contributed by atoms with Crippen molar-refractivity contribution in [1.82, 2.24) is 25.3 Å². The van der Waals surface area contributed by atoms with E-state index in [0.29, 0.717) is 12.5 Å². The predicted molar refractivity (Wildman–Crippen MR) is 173 cm³/mol. The quantitative estimate of drug-likeness (QED) is 0.222. The summed E-state index contributed by atoms with van der Waals surface area (Å²) in [4.78, 5) is 105. The minimum absolute atomic E-state index is 0.0313. The number of amides is 5. The second-order valence-electron chi connectivity index (χ2n) is 13.4. The fourth-order valence-electron chi connectivity index (χ4n) is 6.91. The van der Waals surface area contributed by atoms with Gasteiger partial charge in [0, 0.05) is 32.6 Å². The Labute approximate surface area is 293 Å². The van der Waals surface area contributed by atoms with E-state index < -0.39 is 97.4 Å². The molecule has 0 bridgehead atoms. The average molecular weight is 744 g/mol. The summed E-state index contributed by atoms with van der Waals surface area (Å²) in [5.74, 6) is -6.71.